The number of hydrogen-bond donors (Lipinski definition) is 2. The van der Waals surface area contributed by atoms with Crippen LogP contribution in [0.15, 0.2) is 18.2 Å². The first-order chi connectivity index (χ1) is 6.65. The van der Waals surface area contributed by atoms with Crippen LogP contribution in [0.2, 0.25) is 0 Å². The lowest BCUT2D eigenvalue weighted by atomic mass is 10.2. The zero-order chi connectivity index (χ0) is 10.1. The third-order valence-corrected chi connectivity index (χ3v) is 2.73. The van der Waals surface area contributed by atoms with Gasteiger partial charge in [-0.1, -0.05) is 17.4 Å². The Balaban J connectivity index is 2.46. The number of nitrogens with one attached hydrogen (secondary N) is 1. The van der Waals surface area contributed by atoms with Crippen LogP contribution >= 0.6 is 11.3 Å². The summed E-state index contributed by atoms with van der Waals surface area (Å²) in [5.74, 6) is 0. The number of urea groups is 1. The summed E-state index contributed by atoms with van der Waals surface area (Å²) in [6, 6.07) is 5.38. The van der Waals surface area contributed by atoms with Crippen molar-refractivity contribution in [1.29, 1.82) is 0 Å². The quantitative estimate of drug-likeness (QED) is 0.751. The van der Waals surface area contributed by atoms with Crippen molar-refractivity contribution >= 4 is 32.7 Å². The zero-order valence-corrected chi connectivity index (χ0v) is 8.39. The Kier molecular flexibility index (Phi) is 2.09. The lowest BCUT2D eigenvalue weighted by Crippen LogP contribution is -2.18. The van der Waals surface area contributed by atoms with Gasteiger partial charge in [0.2, 0.25) is 0 Å². The van der Waals surface area contributed by atoms with Gasteiger partial charge in [0.15, 0.2) is 5.13 Å². The Morgan fingerprint density at radius 2 is 2.36 bits per heavy atom. The van der Waals surface area contributed by atoms with E-state index in [9.17, 15) is 4.79 Å². The molecule has 0 spiro atoms. The molecule has 5 heteroatoms. The molecule has 0 aliphatic carbocycles. The Labute approximate surface area is 84.8 Å². The number of benzene rings is 1. The lowest BCUT2D eigenvalue weighted by molar-refractivity contribution is 0.259. The first-order valence-corrected chi connectivity index (χ1v) is 4.90. The molecule has 0 saturated carbocycles. The summed E-state index contributed by atoms with van der Waals surface area (Å²) in [6.45, 7) is 2.00. The molecule has 1 aromatic carbocycles. The lowest BCUT2D eigenvalue weighted by Gasteiger charge is -1.91. The van der Waals surface area contributed by atoms with Crippen molar-refractivity contribution in [3.05, 3.63) is 23.8 Å². The number of anilines is 1. The number of fused-ring (bicyclic) bond motifs is 1. The molecule has 3 N–H and O–H groups in total. The van der Waals surface area contributed by atoms with E-state index in [0.29, 0.717) is 5.13 Å². The highest BCUT2D eigenvalue weighted by atomic mass is 32.1. The monoisotopic (exact) mass is 207 g/mol. The van der Waals surface area contributed by atoms with E-state index in [4.69, 9.17) is 5.73 Å². The minimum absolute atomic E-state index is 0.540. The SMILES string of the molecule is Cc1ccc2sc(NC(N)=O)nc2c1. The second-order valence-electron chi connectivity index (χ2n) is 2.98. The first kappa shape index (κ1) is 8.96. The van der Waals surface area contributed by atoms with Gasteiger partial charge in [-0.3, -0.25) is 5.32 Å². The summed E-state index contributed by atoms with van der Waals surface area (Å²) in [6.07, 6.45) is 0. The number of aromatic nitrogens is 1. The average Bonchev–Trinajstić information content (AvgIpc) is 2.44. The van der Waals surface area contributed by atoms with E-state index in [1.54, 1.807) is 0 Å². The standard InChI is InChI=1S/C9H9N3OS/c1-5-2-3-7-6(4-5)11-9(14-7)12-8(10)13/h2-4H,1H3,(H3,10,11,12,13). The highest BCUT2D eigenvalue weighted by Crippen LogP contribution is 2.26. The molecule has 2 rings (SSSR count). The average molecular weight is 207 g/mol. The van der Waals surface area contributed by atoms with Crippen LogP contribution in [0, 0.1) is 6.92 Å². The summed E-state index contributed by atoms with van der Waals surface area (Å²) < 4.78 is 1.04. The van der Waals surface area contributed by atoms with Crippen LogP contribution in [-0.4, -0.2) is 11.0 Å². The van der Waals surface area contributed by atoms with Gasteiger partial charge in [-0.2, -0.15) is 0 Å². The van der Waals surface area contributed by atoms with E-state index in [0.717, 1.165) is 15.8 Å². The predicted octanol–water partition coefficient (Wildman–Crippen LogP) is 2.10. The molecule has 0 radical (unpaired) electrons. The number of hydrogen-bond acceptors (Lipinski definition) is 3. The van der Waals surface area contributed by atoms with Crippen LogP contribution in [0.4, 0.5) is 9.93 Å². The maximum atomic E-state index is 10.6. The summed E-state index contributed by atoms with van der Waals surface area (Å²) in [5.41, 5.74) is 7.03. The largest absolute Gasteiger partial charge is 0.351 e. The van der Waals surface area contributed by atoms with E-state index in [2.05, 4.69) is 10.3 Å². The topological polar surface area (TPSA) is 68.0 Å². The second-order valence-corrected chi connectivity index (χ2v) is 4.01. The molecule has 0 aliphatic heterocycles. The smallest absolute Gasteiger partial charge is 0.318 e. The fourth-order valence-electron chi connectivity index (χ4n) is 1.20. The Morgan fingerprint density at radius 1 is 1.57 bits per heavy atom. The van der Waals surface area contributed by atoms with Crippen molar-refractivity contribution < 1.29 is 4.79 Å². The van der Waals surface area contributed by atoms with Crippen molar-refractivity contribution in [2.24, 2.45) is 5.73 Å². The molecule has 4 nitrogen and oxygen atoms in total. The fourth-order valence-corrected chi connectivity index (χ4v) is 2.05. The van der Waals surface area contributed by atoms with E-state index in [1.165, 1.54) is 11.3 Å². The Hall–Kier alpha value is -1.62. The van der Waals surface area contributed by atoms with Crippen LogP contribution in [0.25, 0.3) is 10.2 Å². The van der Waals surface area contributed by atoms with Gasteiger partial charge >= 0.3 is 6.03 Å². The molecule has 72 valence electrons. The van der Waals surface area contributed by atoms with Crippen molar-refractivity contribution in [2.75, 3.05) is 5.32 Å². The number of primary amides is 1. The predicted molar refractivity (Wildman–Crippen MR) is 57.6 cm³/mol. The van der Waals surface area contributed by atoms with Gasteiger partial charge in [0, 0.05) is 0 Å². The molecule has 0 bridgehead atoms. The van der Waals surface area contributed by atoms with E-state index >= 15 is 0 Å². The summed E-state index contributed by atoms with van der Waals surface area (Å²) in [5, 5.41) is 3.00. The molecule has 0 atom stereocenters. The normalized spacial score (nSPS) is 10.4. The molecular weight excluding hydrogens is 198 g/mol. The number of carbonyl (C=O) groups is 1. The third-order valence-electron chi connectivity index (χ3n) is 1.77. The maximum Gasteiger partial charge on any atom is 0.318 e. The van der Waals surface area contributed by atoms with Gasteiger partial charge in [-0.05, 0) is 24.6 Å². The maximum absolute atomic E-state index is 10.6. The molecule has 2 amide bonds. The van der Waals surface area contributed by atoms with Gasteiger partial charge in [0.25, 0.3) is 0 Å². The minimum Gasteiger partial charge on any atom is -0.351 e. The second kappa shape index (κ2) is 3.26. The Bertz CT molecular complexity index is 492. The number of amides is 2. The highest BCUT2D eigenvalue weighted by Gasteiger charge is 2.04. The number of nitrogens with zero attached hydrogens (tertiary/aromatic N) is 1. The number of carbonyl (C=O) groups excluding carboxylic acids is 1. The van der Waals surface area contributed by atoms with Crippen molar-refractivity contribution in [2.45, 2.75) is 6.92 Å². The summed E-state index contributed by atoms with van der Waals surface area (Å²) >= 11 is 1.41. The van der Waals surface area contributed by atoms with Gasteiger partial charge in [0.1, 0.15) is 0 Å². The van der Waals surface area contributed by atoms with Gasteiger partial charge in [0.05, 0.1) is 10.2 Å². The van der Waals surface area contributed by atoms with Crippen molar-refractivity contribution in [1.82, 2.24) is 4.98 Å². The first-order valence-electron chi connectivity index (χ1n) is 4.09. The molecular formula is C9H9N3OS. The number of nitrogens with two attached hydrogens (primary N) is 1. The van der Waals surface area contributed by atoms with Crippen molar-refractivity contribution in [3.63, 3.8) is 0 Å². The third kappa shape index (κ3) is 1.67. The molecule has 1 heterocycles. The molecule has 2 aromatic rings. The zero-order valence-electron chi connectivity index (χ0n) is 7.57. The summed E-state index contributed by atoms with van der Waals surface area (Å²) in [7, 11) is 0. The fraction of sp³-hybridized carbons (Fsp3) is 0.111. The minimum atomic E-state index is -0.583. The molecule has 0 aliphatic rings. The molecule has 0 saturated heterocycles. The van der Waals surface area contributed by atoms with Crippen molar-refractivity contribution in [3.8, 4) is 0 Å². The van der Waals surface area contributed by atoms with E-state index in [-0.39, 0.29) is 0 Å². The molecule has 1 aromatic heterocycles. The number of thiazole rings is 1. The van der Waals surface area contributed by atoms with Crippen LogP contribution in [0.1, 0.15) is 5.56 Å². The Morgan fingerprint density at radius 3 is 3.07 bits per heavy atom. The van der Waals surface area contributed by atoms with E-state index in [1.807, 2.05) is 25.1 Å². The molecule has 0 unspecified atom stereocenters. The van der Waals surface area contributed by atoms with Crippen LogP contribution in [-0.2, 0) is 0 Å². The number of rotatable bonds is 1. The van der Waals surface area contributed by atoms with Gasteiger partial charge in [-0.25, -0.2) is 9.78 Å². The molecule has 0 fully saturated rings. The van der Waals surface area contributed by atoms with Crippen LogP contribution in [0.5, 0.6) is 0 Å². The van der Waals surface area contributed by atoms with E-state index < -0.39 is 6.03 Å². The number of aryl methyl sites for hydroxylation is 1. The summed E-state index contributed by atoms with van der Waals surface area (Å²) in [4.78, 5) is 14.8. The van der Waals surface area contributed by atoms with Gasteiger partial charge < -0.3 is 5.73 Å². The molecule has 14 heavy (non-hydrogen) atoms. The highest BCUT2D eigenvalue weighted by molar-refractivity contribution is 7.22. The van der Waals surface area contributed by atoms with Gasteiger partial charge in [-0.15, -0.1) is 0 Å². The van der Waals surface area contributed by atoms with Crippen LogP contribution < -0.4 is 11.1 Å². The van der Waals surface area contributed by atoms with Crippen LogP contribution in [0.3, 0.4) is 0 Å².